The second-order valence-electron chi connectivity index (χ2n) is 9.86. The molecular weight excluding hydrogens is 563 g/mol. The summed E-state index contributed by atoms with van der Waals surface area (Å²) in [6.45, 7) is 2.25. The fraction of sp³-hybridized carbons (Fsp3) is 0.167. The zero-order valence-corrected chi connectivity index (χ0v) is 22.9. The topological polar surface area (TPSA) is 131 Å². The molecule has 0 fully saturated rings. The van der Waals surface area contributed by atoms with Crippen LogP contribution in [-0.2, 0) is 17.5 Å². The minimum atomic E-state index is -4.56. The van der Waals surface area contributed by atoms with E-state index in [1.165, 1.54) is 12.1 Å². The number of ether oxygens (including phenoxy) is 1. The lowest BCUT2D eigenvalue weighted by molar-refractivity contribution is -0.750. The molecule has 2 aromatic carbocycles. The van der Waals surface area contributed by atoms with Gasteiger partial charge < -0.3 is 15.4 Å². The highest BCUT2D eigenvalue weighted by atomic mass is 19.4. The highest BCUT2D eigenvalue weighted by Gasteiger charge is 2.45. The van der Waals surface area contributed by atoms with Gasteiger partial charge in [-0.05, 0) is 42.0 Å². The predicted octanol–water partition coefficient (Wildman–Crippen LogP) is 5.13. The van der Waals surface area contributed by atoms with E-state index in [0.29, 0.717) is 22.8 Å². The Hall–Kier alpha value is -5.14. The first kappa shape index (κ1) is 29.4. The summed E-state index contributed by atoms with van der Waals surface area (Å²) in [6.07, 6.45) is 0.672. The van der Waals surface area contributed by atoms with Gasteiger partial charge in [-0.15, -0.1) is 4.59 Å². The number of rotatable bonds is 8. The second kappa shape index (κ2) is 12.0. The molecule has 0 saturated heterocycles. The second-order valence-corrected chi connectivity index (χ2v) is 9.86. The summed E-state index contributed by atoms with van der Waals surface area (Å²) in [5.41, 5.74) is 1.97. The van der Waals surface area contributed by atoms with Gasteiger partial charge in [0.1, 0.15) is 24.3 Å². The number of fused-ring (bicyclic) bond motifs is 1. The van der Waals surface area contributed by atoms with Crippen LogP contribution in [0.3, 0.4) is 0 Å². The van der Waals surface area contributed by atoms with Gasteiger partial charge in [0.05, 0.1) is 23.5 Å². The van der Waals surface area contributed by atoms with Crippen molar-refractivity contribution in [3.05, 3.63) is 119 Å². The van der Waals surface area contributed by atoms with Crippen LogP contribution in [0.25, 0.3) is 0 Å². The molecule has 2 aliphatic heterocycles. The van der Waals surface area contributed by atoms with Crippen molar-refractivity contribution in [3.8, 4) is 0 Å². The molecule has 2 amide bonds. The number of allylic oxidation sites excluding steroid dienone is 1. The van der Waals surface area contributed by atoms with Gasteiger partial charge in [0.25, 0.3) is 11.7 Å². The molecule has 5 rings (SSSR count). The third kappa shape index (κ3) is 6.52. The molecule has 0 aliphatic carbocycles. The van der Waals surface area contributed by atoms with Gasteiger partial charge in [0.2, 0.25) is 5.70 Å². The Morgan fingerprint density at radius 1 is 1.07 bits per heavy atom. The minimum Gasteiger partial charge on any atom is -0.445 e. The molecule has 0 spiro atoms. The number of carbonyl (C=O) groups excluding carboxylic acids is 2. The van der Waals surface area contributed by atoms with Gasteiger partial charge in [0.15, 0.2) is 0 Å². The van der Waals surface area contributed by atoms with Crippen LogP contribution in [0.2, 0.25) is 0 Å². The Kier molecular flexibility index (Phi) is 8.19. The van der Waals surface area contributed by atoms with Crippen LogP contribution in [-0.4, -0.2) is 40.2 Å². The van der Waals surface area contributed by atoms with Crippen molar-refractivity contribution in [2.75, 3.05) is 11.9 Å². The average molecular weight is 591 g/mol. The first-order valence-corrected chi connectivity index (χ1v) is 13.2. The summed E-state index contributed by atoms with van der Waals surface area (Å²) in [4.78, 5) is 37.8. The number of nitrogens with one attached hydrogen (secondary N) is 2. The molecule has 3 heterocycles. The highest BCUT2D eigenvalue weighted by Crippen LogP contribution is 2.34. The molecule has 13 heteroatoms. The molecular formula is C30H27F3N7O3+. The van der Waals surface area contributed by atoms with Crippen LogP contribution >= 0.6 is 0 Å². The van der Waals surface area contributed by atoms with E-state index in [1.807, 2.05) is 37.3 Å². The number of alkyl carbamates (subject to hydrolysis) is 1. The molecule has 2 atom stereocenters. The third-order valence-corrected chi connectivity index (χ3v) is 6.79. The third-order valence-electron chi connectivity index (χ3n) is 6.79. The molecule has 43 heavy (non-hydrogen) atoms. The quantitative estimate of drug-likeness (QED) is 0.247. The van der Waals surface area contributed by atoms with Crippen molar-refractivity contribution in [3.63, 3.8) is 0 Å². The van der Waals surface area contributed by atoms with Gasteiger partial charge in [0, 0.05) is 24.2 Å². The molecule has 1 aromatic heterocycles. The number of halogens is 3. The van der Waals surface area contributed by atoms with E-state index in [2.05, 4.69) is 20.6 Å². The largest absolute Gasteiger partial charge is 0.445 e. The van der Waals surface area contributed by atoms with E-state index in [-0.39, 0.29) is 35.0 Å². The van der Waals surface area contributed by atoms with Gasteiger partial charge in [-0.3, -0.25) is 9.79 Å². The van der Waals surface area contributed by atoms with Crippen molar-refractivity contribution >= 4 is 29.9 Å². The fourth-order valence-corrected chi connectivity index (χ4v) is 4.51. The van der Waals surface area contributed by atoms with Gasteiger partial charge in [-0.1, -0.05) is 37.3 Å². The van der Waals surface area contributed by atoms with E-state index < -0.39 is 23.7 Å². The number of aromatic nitrogens is 1. The lowest BCUT2D eigenvalue weighted by atomic mass is 10.1. The zero-order chi connectivity index (χ0) is 30.6. The van der Waals surface area contributed by atoms with E-state index >= 15 is 0 Å². The van der Waals surface area contributed by atoms with E-state index in [0.717, 1.165) is 23.9 Å². The molecule has 2 unspecified atom stereocenters. The summed E-state index contributed by atoms with van der Waals surface area (Å²) >= 11 is 0. The standard InChI is InChI=1S/C30H26F3N7O3/c1-19(16-37-29(42)43-18-20-5-3-2-4-6-20)26-24-17-35-13-14-40(24,34)27(39-26)21-7-9-22(10-8-21)28(41)38-25-15-23(11-12-36-25)30(31,32)33/h2-15,17,19H,16,18,34H2,1H3,(H-,36,37,38,41,42)/p+1. The van der Waals surface area contributed by atoms with Crippen molar-refractivity contribution < 1.29 is 32.1 Å². The number of alkyl halides is 3. The van der Waals surface area contributed by atoms with E-state index in [1.54, 1.807) is 30.7 Å². The molecule has 0 bridgehead atoms. The van der Waals surface area contributed by atoms with E-state index in [9.17, 15) is 22.8 Å². The molecule has 220 valence electrons. The molecule has 10 nitrogen and oxygen atoms in total. The summed E-state index contributed by atoms with van der Waals surface area (Å²) in [6, 6.07) is 17.2. The maximum atomic E-state index is 13.0. The smallest absolute Gasteiger partial charge is 0.416 e. The van der Waals surface area contributed by atoms with Crippen molar-refractivity contribution in [2.24, 2.45) is 21.7 Å². The number of hydrogen-bond acceptors (Lipinski definition) is 7. The number of anilines is 1. The van der Waals surface area contributed by atoms with Crippen LogP contribution in [0.5, 0.6) is 0 Å². The lowest BCUT2D eigenvalue weighted by Gasteiger charge is -2.26. The predicted molar refractivity (Wildman–Crippen MR) is 153 cm³/mol. The molecule has 4 N–H and O–H groups in total. The molecule has 2 aliphatic rings. The summed E-state index contributed by atoms with van der Waals surface area (Å²) in [7, 11) is 0. The maximum absolute atomic E-state index is 13.0. The Morgan fingerprint density at radius 3 is 2.53 bits per heavy atom. The Bertz CT molecular complexity index is 1650. The SMILES string of the molecule is CC(CNC(=O)OCc1ccccc1)C1=C2C=NC=C[N+]2(N)C(c2ccc(C(=O)Nc3cc(C(F)(F)F)ccn3)cc2)=N1. The lowest BCUT2D eigenvalue weighted by Crippen LogP contribution is -2.53. The molecule has 0 saturated carbocycles. The summed E-state index contributed by atoms with van der Waals surface area (Å²) in [5.74, 6) is 6.10. The average Bonchev–Trinajstić information content (AvgIpc) is 3.32. The van der Waals surface area contributed by atoms with Crippen LogP contribution < -0.4 is 16.5 Å². The summed E-state index contributed by atoms with van der Waals surface area (Å²) in [5, 5.41) is 5.14. The van der Waals surface area contributed by atoms with Gasteiger partial charge in [-0.2, -0.15) is 24.0 Å². The number of amidine groups is 1. The first-order valence-electron chi connectivity index (χ1n) is 13.2. The number of pyridine rings is 1. The van der Waals surface area contributed by atoms with Crippen LogP contribution in [0, 0.1) is 5.92 Å². The number of nitrogens with zero attached hydrogens (tertiary/aromatic N) is 4. The van der Waals surface area contributed by atoms with Crippen LogP contribution in [0.1, 0.15) is 34.0 Å². The van der Waals surface area contributed by atoms with Crippen molar-refractivity contribution in [1.29, 1.82) is 0 Å². The monoisotopic (exact) mass is 590 g/mol. The van der Waals surface area contributed by atoms with E-state index in [4.69, 9.17) is 15.6 Å². The number of hydrogen-bond donors (Lipinski definition) is 3. The number of nitrogens with two attached hydrogens (primary N) is 1. The highest BCUT2D eigenvalue weighted by molar-refractivity contribution is 6.05. The Morgan fingerprint density at radius 2 is 1.81 bits per heavy atom. The number of amides is 2. The van der Waals surface area contributed by atoms with Crippen LogP contribution in [0.15, 0.2) is 107 Å². The summed E-state index contributed by atoms with van der Waals surface area (Å²) < 4.78 is 44.1. The molecule has 0 radical (unpaired) electrons. The fourth-order valence-electron chi connectivity index (χ4n) is 4.51. The van der Waals surface area contributed by atoms with Crippen LogP contribution in [0.4, 0.5) is 23.8 Å². The minimum absolute atomic E-state index is 0.141. The number of benzene rings is 2. The van der Waals surface area contributed by atoms with Gasteiger partial charge >= 0.3 is 12.3 Å². The Balaban J connectivity index is 1.28. The van der Waals surface area contributed by atoms with Crippen molar-refractivity contribution in [2.45, 2.75) is 19.7 Å². The number of quaternary nitrogens is 1. The zero-order valence-electron chi connectivity index (χ0n) is 22.9. The van der Waals surface area contributed by atoms with Crippen molar-refractivity contribution in [1.82, 2.24) is 10.3 Å². The maximum Gasteiger partial charge on any atom is 0.416 e. The Labute approximate surface area is 244 Å². The first-order chi connectivity index (χ1) is 20.5. The van der Waals surface area contributed by atoms with Gasteiger partial charge in [-0.25, -0.2) is 9.78 Å². The normalized spacial score (nSPS) is 18.1. The molecule has 3 aromatic rings. The number of carbonyl (C=O) groups is 2. The number of aliphatic imine (C=N–C) groups is 2.